The normalized spacial score (nSPS) is 10.1. The van der Waals surface area contributed by atoms with E-state index < -0.39 is 0 Å². The fourth-order valence-electron chi connectivity index (χ4n) is 1.39. The number of amides is 1. The highest BCUT2D eigenvalue weighted by Gasteiger charge is 2.09. The number of carbonyl (C=O) groups excluding carboxylic acids is 1. The minimum Gasteiger partial charge on any atom is -0.393 e. The Kier molecular flexibility index (Phi) is 6.21. The summed E-state index contributed by atoms with van der Waals surface area (Å²) >= 11 is 7.91. The Hall–Kier alpha value is -1.01. The van der Waals surface area contributed by atoms with Crippen LogP contribution in [0.2, 0.25) is 0 Å². The highest BCUT2D eigenvalue weighted by molar-refractivity contribution is 9.10. The van der Waals surface area contributed by atoms with Gasteiger partial charge in [-0.2, -0.15) is 0 Å². The number of hydrogen-bond acceptors (Lipinski definition) is 2. The van der Waals surface area contributed by atoms with Crippen LogP contribution in [0.1, 0.15) is 29.6 Å². The molecular weight excluding hydrogens is 319 g/mol. The molecule has 1 rings (SSSR count). The molecule has 18 heavy (non-hydrogen) atoms. The van der Waals surface area contributed by atoms with Gasteiger partial charge in [0, 0.05) is 11.0 Å². The average Bonchev–Trinajstić information content (AvgIpc) is 2.27. The predicted molar refractivity (Wildman–Crippen MR) is 77.1 cm³/mol. The Bertz CT molecular complexity index is 454. The molecule has 0 heterocycles. The number of unbranched alkanes of at least 4 members (excludes halogenated alkanes) is 1. The maximum Gasteiger partial charge on any atom is 0.252 e. The summed E-state index contributed by atoms with van der Waals surface area (Å²) in [6, 6.07) is 3.97. The van der Waals surface area contributed by atoms with Crippen LogP contribution in [0.3, 0.4) is 0 Å². The topological polar surface area (TPSA) is 55.1 Å². The van der Waals surface area contributed by atoms with Gasteiger partial charge in [0.05, 0.1) is 10.6 Å². The maximum atomic E-state index is 12.9. The summed E-state index contributed by atoms with van der Waals surface area (Å²) in [5, 5.41) is 2.76. The third-order valence-corrected chi connectivity index (χ3v) is 3.17. The Labute approximate surface area is 119 Å². The lowest BCUT2D eigenvalue weighted by atomic mass is 10.2. The van der Waals surface area contributed by atoms with Crippen molar-refractivity contribution in [1.29, 1.82) is 0 Å². The van der Waals surface area contributed by atoms with E-state index in [9.17, 15) is 9.18 Å². The zero-order valence-corrected chi connectivity index (χ0v) is 12.1. The van der Waals surface area contributed by atoms with Gasteiger partial charge in [0.15, 0.2) is 0 Å². The molecule has 0 aliphatic heterocycles. The summed E-state index contributed by atoms with van der Waals surface area (Å²) in [6.45, 7) is 0.547. The monoisotopic (exact) mass is 332 g/mol. The van der Waals surface area contributed by atoms with Gasteiger partial charge in [0.25, 0.3) is 5.91 Å². The quantitative estimate of drug-likeness (QED) is 0.622. The van der Waals surface area contributed by atoms with E-state index in [1.165, 1.54) is 18.2 Å². The number of hydrogen-bond donors (Lipinski definition) is 2. The predicted octanol–water partition coefficient (Wildman–Crippen LogP) is 2.77. The fraction of sp³-hybridized carbons (Fsp3) is 0.333. The van der Waals surface area contributed by atoms with Crippen LogP contribution in [-0.4, -0.2) is 17.4 Å². The van der Waals surface area contributed by atoms with Crippen molar-refractivity contribution in [3.05, 3.63) is 34.1 Å². The molecule has 0 saturated carbocycles. The molecule has 1 amide bonds. The highest BCUT2D eigenvalue weighted by atomic mass is 79.9. The lowest BCUT2D eigenvalue weighted by Crippen LogP contribution is -2.25. The second-order valence-corrected chi connectivity index (χ2v) is 5.18. The first-order valence-corrected chi connectivity index (χ1v) is 6.72. The van der Waals surface area contributed by atoms with Crippen LogP contribution >= 0.6 is 28.1 Å². The largest absolute Gasteiger partial charge is 0.393 e. The number of carbonyl (C=O) groups is 1. The zero-order chi connectivity index (χ0) is 13.5. The van der Waals surface area contributed by atoms with Crippen LogP contribution in [0.4, 0.5) is 4.39 Å². The van der Waals surface area contributed by atoms with Crippen LogP contribution in [0.15, 0.2) is 22.7 Å². The molecule has 0 atom stereocenters. The van der Waals surface area contributed by atoms with Gasteiger partial charge in [-0.1, -0.05) is 12.2 Å². The van der Waals surface area contributed by atoms with Gasteiger partial charge in [-0.3, -0.25) is 4.79 Å². The van der Waals surface area contributed by atoms with E-state index in [1.54, 1.807) is 0 Å². The number of thiocarbonyl (C=S) groups is 1. The van der Waals surface area contributed by atoms with Crippen LogP contribution in [-0.2, 0) is 0 Å². The Balaban J connectivity index is 2.39. The fourth-order valence-corrected chi connectivity index (χ4v) is 2.07. The standard InChI is InChI=1S/C12H14BrFN2OS/c13-10-7-8(14)4-5-9(10)12(17)16-6-2-1-3-11(15)18/h4-5,7H,1-3,6H2,(H2,15,18)(H,16,17). The molecule has 0 bridgehead atoms. The van der Waals surface area contributed by atoms with Crippen molar-refractivity contribution in [3.8, 4) is 0 Å². The zero-order valence-electron chi connectivity index (χ0n) is 9.71. The summed E-state index contributed by atoms with van der Waals surface area (Å²) in [5.74, 6) is -0.605. The third kappa shape index (κ3) is 5.10. The molecule has 0 spiro atoms. The minimum atomic E-state index is -0.380. The van der Waals surface area contributed by atoms with Crippen molar-refractivity contribution in [2.24, 2.45) is 5.73 Å². The van der Waals surface area contributed by atoms with Gasteiger partial charge in [-0.15, -0.1) is 0 Å². The van der Waals surface area contributed by atoms with Crippen molar-refractivity contribution in [3.63, 3.8) is 0 Å². The van der Waals surface area contributed by atoms with E-state index in [2.05, 4.69) is 21.2 Å². The van der Waals surface area contributed by atoms with E-state index >= 15 is 0 Å². The summed E-state index contributed by atoms with van der Waals surface area (Å²) in [6.07, 6.45) is 2.34. The molecule has 1 aromatic carbocycles. The van der Waals surface area contributed by atoms with Gasteiger partial charge in [0.1, 0.15) is 5.82 Å². The summed E-state index contributed by atoms with van der Waals surface area (Å²) in [5.41, 5.74) is 5.78. The third-order valence-electron chi connectivity index (χ3n) is 2.31. The second kappa shape index (κ2) is 7.43. The average molecular weight is 333 g/mol. The molecule has 0 aliphatic rings. The Morgan fingerprint density at radius 1 is 1.44 bits per heavy atom. The molecule has 98 valence electrons. The lowest BCUT2D eigenvalue weighted by Gasteiger charge is -2.06. The molecule has 3 nitrogen and oxygen atoms in total. The molecular formula is C12H14BrFN2OS. The van der Waals surface area contributed by atoms with E-state index in [0.29, 0.717) is 28.0 Å². The molecule has 1 aromatic rings. The molecule has 0 unspecified atom stereocenters. The van der Waals surface area contributed by atoms with Crippen LogP contribution < -0.4 is 11.1 Å². The molecule has 0 saturated heterocycles. The molecule has 0 radical (unpaired) electrons. The second-order valence-electron chi connectivity index (χ2n) is 3.80. The summed E-state index contributed by atoms with van der Waals surface area (Å²) < 4.78 is 13.3. The number of nitrogens with one attached hydrogen (secondary N) is 1. The first-order valence-electron chi connectivity index (χ1n) is 5.52. The number of nitrogens with two attached hydrogens (primary N) is 1. The Morgan fingerprint density at radius 2 is 2.17 bits per heavy atom. The first-order chi connectivity index (χ1) is 8.50. The van der Waals surface area contributed by atoms with Gasteiger partial charge in [-0.05, 0) is 53.4 Å². The van der Waals surface area contributed by atoms with Gasteiger partial charge >= 0.3 is 0 Å². The van der Waals surface area contributed by atoms with Gasteiger partial charge in [0.2, 0.25) is 0 Å². The SMILES string of the molecule is NC(=S)CCCCNC(=O)c1ccc(F)cc1Br. The van der Waals surface area contributed by atoms with E-state index in [0.717, 1.165) is 12.8 Å². The first kappa shape index (κ1) is 15.0. The molecule has 0 aromatic heterocycles. The molecule has 6 heteroatoms. The highest BCUT2D eigenvalue weighted by Crippen LogP contribution is 2.17. The molecule has 3 N–H and O–H groups in total. The van der Waals surface area contributed by atoms with E-state index in [4.69, 9.17) is 18.0 Å². The van der Waals surface area contributed by atoms with Gasteiger partial charge in [-0.25, -0.2) is 4.39 Å². The molecule has 0 fully saturated rings. The smallest absolute Gasteiger partial charge is 0.252 e. The van der Waals surface area contributed by atoms with Crippen molar-refractivity contribution in [2.45, 2.75) is 19.3 Å². The summed E-state index contributed by atoms with van der Waals surface area (Å²) in [4.78, 5) is 12.2. The van der Waals surface area contributed by atoms with Crippen molar-refractivity contribution in [1.82, 2.24) is 5.32 Å². The number of benzene rings is 1. The van der Waals surface area contributed by atoms with E-state index in [-0.39, 0.29) is 11.7 Å². The van der Waals surface area contributed by atoms with Crippen LogP contribution in [0.5, 0.6) is 0 Å². The summed E-state index contributed by atoms with van der Waals surface area (Å²) in [7, 11) is 0. The van der Waals surface area contributed by atoms with Gasteiger partial charge < -0.3 is 11.1 Å². The lowest BCUT2D eigenvalue weighted by molar-refractivity contribution is 0.0952. The van der Waals surface area contributed by atoms with Crippen molar-refractivity contribution in [2.75, 3.05) is 6.54 Å². The maximum absolute atomic E-state index is 12.9. The van der Waals surface area contributed by atoms with Crippen molar-refractivity contribution < 1.29 is 9.18 Å². The van der Waals surface area contributed by atoms with Crippen molar-refractivity contribution >= 4 is 39.0 Å². The minimum absolute atomic E-state index is 0.225. The number of rotatable bonds is 6. The number of halogens is 2. The van der Waals surface area contributed by atoms with Crippen LogP contribution in [0, 0.1) is 5.82 Å². The van der Waals surface area contributed by atoms with Crippen LogP contribution in [0.25, 0.3) is 0 Å². The van der Waals surface area contributed by atoms with E-state index in [1.807, 2.05) is 0 Å². The Morgan fingerprint density at radius 3 is 2.78 bits per heavy atom. The molecule has 0 aliphatic carbocycles.